The van der Waals surface area contributed by atoms with Crippen molar-refractivity contribution in [3.05, 3.63) is 59.2 Å². The molecule has 4 heterocycles. The van der Waals surface area contributed by atoms with Gasteiger partial charge in [0.2, 0.25) is 5.91 Å². The lowest BCUT2D eigenvalue weighted by molar-refractivity contribution is -0.121. The van der Waals surface area contributed by atoms with Crippen molar-refractivity contribution in [3.8, 4) is 0 Å². The number of carbonyl (C=O) groups is 1. The molecule has 7 nitrogen and oxygen atoms in total. The zero-order valence-corrected chi connectivity index (χ0v) is 22.5. The Kier molecular flexibility index (Phi) is 7.63. The number of hydrogen-bond donors (Lipinski definition) is 1. The number of piperazine rings is 1. The van der Waals surface area contributed by atoms with E-state index in [0.29, 0.717) is 31.6 Å². The number of halogens is 1. The zero-order chi connectivity index (χ0) is 26.2. The lowest BCUT2D eigenvalue weighted by atomic mass is 9.88. The number of morpholine rings is 1. The molecule has 0 aliphatic carbocycles. The summed E-state index contributed by atoms with van der Waals surface area (Å²) in [6.45, 7) is 15.0. The highest BCUT2D eigenvalue weighted by atomic mass is 19.1. The number of nitrogens with zero attached hydrogens (tertiary/aromatic N) is 4. The highest BCUT2D eigenvalue weighted by Gasteiger charge is 2.40. The van der Waals surface area contributed by atoms with Gasteiger partial charge in [-0.1, -0.05) is 26.0 Å². The highest BCUT2D eigenvalue weighted by Crippen LogP contribution is 2.40. The number of rotatable bonds is 6. The number of aromatic nitrogens is 1. The Hall–Kier alpha value is -2.39. The highest BCUT2D eigenvalue weighted by molar-refractivity contribution is 5.97. The van der Waals surface area contributed by atoms with E-state index in [0.717, 1.165) is 61.9 Å². The third-order valence-electron chi connectivity index (χ3n) is 8.13. The average Bonchev–Trinajstić information content (AvgIpc) is 3.14. The molecule has 1 aromatic carbocycles. The predicted molar refractivity (Wildman–Crippen MR) is 144 cm³/mol. The van der Waals surface area contributed by atoms with Gasteiger partial charge in [0.25, 0.3) is 0 Å². The van der Waals surface area contributed by atoms with Crippen LogP contribution in [0.4, 0.5) is 10.1 Å². The summed E-state index contributed by atoms with van der Waals surface area (Å²) in [5.41, 5.74) is 3.79. The van der Waals surface area contributed by atoms with Crippen molar-refractivity contribution in [3.63, 3.8) is 0 Å². The van der Waals surface area contributed by atoms with Gasteiger partial charge >= 0.3 is 0 Å². The quantitative estimate of drug-likeness (QED) is 0.646. The minimum absolute atomic E-state index is 0.139. The largest absolute Gasteiger partial charge is 0.379 e. The van der Waals surface area contributed by atoms with Gasteiger partial charge in [-0.2, -0.15) is 0 Å². The van der Waals surface area contributed by atoms with E-state index >= 15 is 0 Å². The fourth-order valence-corrected chi connectivity index (χ4v) is 5.90. The number of fused-ring (bicyclic) bond motifs is 1. The van der Waals surface area contributed by atoms with E-state index in [1.165, 1.54) is 12.1 Å². The second kappa shape index (κ2) is 10.8. The first kappa shape index (κ1) is 26.2. The second-order valence-electron chi connectivity index (χ2n) is 11.7. The minimum Gasteiger partial charge on any atom is -0.379 e. The number of nitrogens with one attached hydrogen (secondary N) is 1. The number of amides is 1. The molecule has 0 saturated carbocycles. The molecule has 3 aliphatic rings. The van der Waals surface area contributed by atoms with Crippen LogP contribution in [0, 0.1) is 5.82 Å². The van der Waals surface area contributed by atoms with E-state index in [2.05, 4.69) is 48.9 Å². The molecule has 2 saturated heterocycles. The number of benzene rings is 1. The van der Waals surface area contributed by atoms with Crippen molar-refractivity contribution in [2.24, 2.45) is 0 Å². The van der Waals surface area contributed by atoms with Crippen molar-refractivity contribution >= 4 is 11.6 Å². The first-order valence-electron chi connectivity index (χ1n) is 13.5. The average molecular weight is 510 g/mol. The molecule has 0 spiro atoms. The zero-order valence-electron chi connectivity index (χ0n) is 22.5. The van der Waals surface area contributed by atoms with E-state index in [-0.39, 0.29) is 23.2 Å². The molecule has 3 atom stereocenters. The summed E-state index contributed by atoms with van der Waals surface area (Å²) in [7, 11) is 0. The summed E-state index contributed by atoms with van der Waals surface area (Å²) < 4.78 is 19.0. The van der Waals surface area contributed by atoms with Crippen molar-refractivity contribution in [2.45, 2.75) is 57.7 Å². The van der Waals surface area contributed by atoms with E-state index < -0.39 is 0 Å². The van der Waals surface area contributed by atoms with Crippen LogP contribution >= 0.6 is 0 Å². The van der Waals surface area contributed by atoms with Gasteiger partial charge in [-0.25, -0.2) is 4.39 Å². The van der Waals surface area contributed by atoms with E-state index in [4.69, 9.17) is 9.72 Å². The molecule has 1 aromatic heterocycles. The van der Waals surface area contributed by atoms with Crippen molar-refractivity contribution in [1.82, 2.24) is 20.1 Å². The Morgan fingerprint density at radius 1 is 1.22 bits per heavy atom. The number of ether oxygens (including phenoxy) is 1. The molecule has 3 aliphatic heterocycles. The molecular weight excluding hydrogens is 469 g/mol. The lowest BCUT2D eigenvalue weighted by Crippen LogP contribution is -2.62. The van der Waals surface area contributed by atoms with Crippen LogP contribution in [0.2, 0.25) is 0 Å². The van der Waals surface area contributed by atoms with Gasteiger partial charge in [-0.15, -0.1) is 0 Å². The molecule has 1 amide bonds. The van der Waals surface area contributed by atoms with Gasteiger partial charge < -0.3 is 15.0 Å². The molecule has 0 radical (unpaired) electrons. The first-order valence-corrected chi connectivity index (χ1v) is 13.5. The normalized spacial score (nSPS) is 26.3. The van der Waals surface area contributed by atoms with Gasteiger partial charge in [0.05, 0.1) is 25.4 Å². The molecule has 0 bridgehead atoms. The fourth-order valence-electron chi connectivity index (χ4n) is 5.90. The molecule has 2 aromatic rings. The summed E-state index contributed by atoms with van der Waals surface area (Å²) in [6, 6.07) is 9.61. The van der Waals surface area contributed by atoms with Crippen LogP contribution in [0.1, 0.15) is 44.5 Å². The Morgan fingerprint density at radius 3 is 2.76 bits per heavy atom. The van der Waals surface area contributed by atoms with E-state index in [9.17, 15) is 9.18 Å². The van der Waals surface area contributed by atoms with Crippen LogP contribution < -0.4 is 10.2 Å². The standard InChI is InChI=1S/C29H40FN5O2/c1-20-15-34(25(13-31-20)16-33-9-10-37-18-21(33)2)17-28(36)35-19-29(3,4)26-14-32-24(12-27(26)35)11-22-5-7-23(30)8-6-22/h5-8,12,14,20-21,25,31H,9-11,13,15-19H2,1-4H3/t20-,21-,25-/m1/s1. The smallest absolute Gasteiger partial charge is 0.241 e. The van der Waals surface area contributed by atoms with Crippen molar-refractivity contribution < 1.29 is 13.9 Å². The molecular formula is C29H40FN5O2. The molecule has 37 heavy (non-hydrogen) atoms. The Balaban J connectivity index is 1.33. The maximum absolute atomic E-state index is 13.8. The topological polar surface area (TPSA) is 60.9 Å². The van der Waals surface area contributed by atoms with Crippen LogP contribution in [0.15, 0.2) is 36.5 Å². The predicted octanol–water partition coefficient (Wildman–Crippen LogP) is 2.82. The summed E-state index contributed by atoms with van der Waals surface area (Å²) in [6.07, 6.45) is 2.53. The van der Waals surface area contributed by atoms with Crippen LogP contribution in [0.3, 0.4) is 0 Å². The number of pyridine rings is 1. The van der Waals surface area contributed by atoms with Crippen LogP contribution in [0.25, 0.3) is 0 Å². The molecule has 200 valence electrons. The molecule has 2 fully saturated rings. The van der Waals surface area contributed by atoms with Gasteiger partial charge in [-0.3, -0.25) is 19.6 Å². The maximum atomic E-state index is 13.8. The lowest BCUT2D eigenvalue weighted by Gasteiger charge is -2.43. The monoisotopic (exact) mass is 509 g/mol. The molecule has 8 heteroatoms. The Morgan fingerprint density at radius 2 is 2.00 bits per heavy atom. The Bertz CT molecular complexity index is 1110. The third-order valence-corrected chi connectivity index (χ3v) is 8.13. The summed E-state index contributed by atoms with van der Waals surface area (Å²) in [4.78, 5) is 25.4. The van der Waals surface area contributed by atoms with E-state index in [1.807, 2.05) is 11.1 Å². The minimum atomic E-state index is -0.243. The van der Waals surface area contributed by atoms with Gasteiger partial charge in [0.1, 0.15) is 5.82 Å². The number of carbonyl (C=O) groups excluding carboxylic acids is 1. The number of hydrogen-bond acceptors (Lipinski definition) is 6. The van der Waals surface area contributed by atoms with Crippen LogP contribution in [-0.2, 0) is 21.4 Å². The molecule has 5 rings (SSSR count). The SMILES string of the molecule is C[C@@H]1CN(CC(=O)N2CC(C)(C)c3cnc(Cc4ccc(F)cc4)cc32)[C@@H](CN2CCOC[C@H]2C)CN1. The van der Waals surface area contributed by atoms with Crippen molar-refractivity contribution in [1.29, 1.82) is 0 Å². The fraction of sp³-hybridized carbons (Fsp3) is 0.586. The Labute approximate surface area is 220 Å². The number of anilines is 1. The summed E-state index contributed by atoms with van der Waals surface area (Å²) in [5, 5.41) is 3.62. The van der Waals surface area contributed by atoms with Gasteiger partial charge in [0, 0.05) is 80.1 Å². The summed E-state index contributed by atoms with van der Waals surface area (Å²) >= 11 is 0. The van der Waals surface area contributed by atoms with E-state index in [1.54, 1.807) is 12.1 Å². The molecule has 0 unspecified atom stereocenters. The summed E-state index contributed by atoms with van der Waals surface area (Å²) in [5.74, 6) is -0.104. The maximum Gasteiger partial charge on any atom is 0.241 e. The second-order valence-corrected chi connectivity index (χ2v) is 11.7. The van der Waals surface area contributed by atoms with Gasteiger partial charge in [0.15, 0.2) is 0 Å². The van der Waals surface area contributed by atoms with Crippen molar-refractivity contribution in [2.75, 3.05) is 57.4 Å². The first-order chi connectivity index (χ1) is 17.7. The van der Waals surface area contributed by atoms with Crippen LogP contribution in [-0.4, -0.2) is 91.3 Å². The molecule has 1 N–H and O–H groups in total. The third kappa shape index (κ3) is 5.87. The van der Waals surface area contributed by atoms with Crippen LogP contribution in [0.5, 0.6) is 0 Å². The van der Waals surface area contributed by atoms with Gasteiger partial charge in [-0.05, 0) is 37.6 Å².